The minimum Gasteiger partial charge on any atom is -0.280 e. The molecule has 0 aliphatic carbocycles. The van der Waals surface area contributed by atoms with Crippen LogP contribution in [-0.4, -0.2) is 14.1 Å². The van der Waals surface area contributed by atoms with Gasteiger partial charge in [-0.25, -0.2) is 14.2 Å². The Balaban J connectivity index is 2.70. The number of nitrogens with zero attached hydrogens (tertiary/aromatic N) is 3. The van der Waals surface area contributed by atoms with E-state index in [2.05, 4.69) is 11.6 Å². The largest absolute Gasteiger partial charge is 0.353 e. The molecule has 1 heterocycles. The van der Waals surface area contributed by atoms with Crippen molar-refractivity contribution >= 4 is 0 Å². The van der Waals surface area contributed by atoms with Crippen LogP contribution in [-0.2, 0) is 13.6 Å². The van der Waals surface area contributed by atoms with Gasteiger partial charge in [0.1, 0.15) is 5.82 Å². The maximum absolute atomic E-state index is 12.0. The molecule has 0 fully saturated rings. The van der Waals surface area contributed by atoms with Crippen molar-refractivity contribution in [3.63, 3.8) is 0 Å². The lowest BCUT2D eigenvalue weighted by atomic mass is 10.2. The summed E-state index contributed by atoms with van der Waals surface area (Å²) in [6.45, 7) is 3.67. The summed E-state index contributed by atoms with van der Waals surface area (Å²) in [7, 11) is 1.59. The predicted octanol–water partition coefficient (Wildman–Crippen LogP) is 0.795. The summed E-state index contributed by atoms with van der Waals surface area (Å²) >= 11 is 0. The van der Waals surface area contributed by atoms with Crippen molar-refractivity contribution in [1.29, 1.82) is 0 Å². The van der Waals surface area contributed by atoms with Crippen molar-refractivity contribution in [1.82, 2.24) is 14.1 Å². The topological polar surface area (TPSA) is 56.9 Å². The van der Waals surface area contributed by atoms with E-state index in [0.29, 0.717) is 5.82 Å². The average Bonchev–Trinajstić information content (AvgIpc) is 2.40. The van der Waals surface area contributed by atoms with Gasteiger partial charge in [-0.2, -0.15) is 4.98 Å². The summed E-state index contributed by atoms with van der Waals surface area (Å²) in [5.74, 6) is 0.367. The van der Waals surface area contributed by atoms with E-state index in [1.165, 1.54) is 10.6 Å². The highest BCUT2D eigenvalue weighted by molar-refractivity contribution is 5.54. The van der Waals surface area contributed by atoms with Gasteiger partial charge in [-0.3, -0.25) is 4.57 Å². The van der Waals surface area contributed by atoms with Gasteiger partial charge in [-0.15, -0.1) is 6.58 Å². The molecular weight excluding hydrogens is 230 g/mol. The third-order valence-electron chi connectivity index (χ3n) is 2.61. The van der Waals surface area contributed by atoms with Crippen LogP contribution >= 0.6 is 0 Å². The Bertz CT molecular complexity index is 684. The summed E-state index contributed by atoms with van der Waals surface area (Å²) in [4.78, 5) is 27.7. The molecule has 0 unspecified atom stereocenters. The van der Waals surface area contributed by atoms with Gasteiger partial charge in [0, 0.05) is 12.6 Å². The van der Waals surface area contributed by atoms with Crippen LogP contribution in [0.5, 0.6) is 0 Å². The maximum Gasteiger partial charge on any atom is 0.353 e. The molecule has 1 aromatic heterocycles. The number of hydrogen-bond donors (Lipinski definition) is 0. The molecule has 0 atom stereocenters. The first-order valence-corrected chi connectivity index (χ1v) is 5.49. The molecule has 0 radical (unpaired) electrons. The Morgan fingerprint density at radius 1 is 1.28 bits per heavy atom. The summed E-state index contributed by atoms with van der Waals surface area (Å²) in [6.07, 6.45) is 1.49. The maximum atomic E-state index is 12.0. The van der Waals surface area contributed by atoms with Crippen molar-refractivity contribution < 1.29 is 0 Å². The number of benzene rings is 1. The number of allylic oxidation sites excluding steroid dienone is 1. The smallest absolute Gasteiger partial charge is 0.280 e. The molecule has 5 nitrogen and oxygen atoms in total. The SMILES string of the molecule is C=CCn1c(=O)nc(-c2ccccc2)n(C)c1=O. The van der Waals surface area contributed by atoms with Crippen molar-refractivity contribution in [2.75, 3.05) is 0 Å². The molecule has 1 aromatic carbocycles. The van der Waals surface area contributed by atoms with E-state index in [1.807, 2.05) is 18.2 Å². The van der Waals surface area contributed by atoms with Crippen LogP contribution in [0.1, 0.15) is 0 Å². The molecule has 0 aliphatic heterocycles. The Kier molecular flexibility index (Phi) is 3.23. The monoisotopic (exact) mass is 243 g/mol. The van der Waals surface area contributed by atoms with E-state index in [1.54, 1.807) is 19.2 Å². The van der Waals surface area contributed by atoms with Crippen LogP contribution in [0.25, 0.3) is 11.4 Å². The molecule has 0 N–H and O–H groups in total. The number of hydrogen-bond acceptors (Lipinski definition) is 3. The Labute approximate surface area is 104 Å². The third-order valence-corrected chi connectivity index (χ3v) is 2.61. The minimum atomic E-state index is -0.558. The highest BCUT2D eigenvalue weighted by atomic mass is 16.2. The van der Waals surface area contributed by atoms with Crippen molar-refractivity contribution in [3.8, 4) is 11.4 Å². The van der Waals surface area contributed by atoms with Gasteiger partial charge < -0.3 is 0 Å². The highest BCUT2D eigenvalue weighted by Crippen LogP contribution is 2.12. The van der Waals surface area contributed by atoms with Gasteiger partial charge in [0.25, 0.3) is 0 Å². The molecule has 0 saturated carbocycles. The first-order chi connectivity index (χ1) is 8.65. The lowest BCUT2D eigenvalue weighted by Gasteiger charge is -2.09. The number of rotatable bonds is 3. The van der Waals surface area contributed by atoms with Crippen molar-refractivity contribution in [2.24, 2.45) is 7.05 Å². The fourth-order valence-corrected chi connectivity index (χ4v) is 1.71. The molecule has 0 amide bonds. The van der Waals surface area contributed by atoms with Crippen LogP contribution in [0.2, 0.25) is 0 Å². The van der Waals surface area contributed by atoms with Crippen molar-refractivity contribution in [2.45, 2.75) is 6.54 Å². The van der Waals surface area contributed by atoms with Crippen LogP contribution in [0.3, 0.4) is 0 Å². The summed E-state index contributed by atoms with van der Waals surface area (Å²) in [5, 5.41) is 0. The summed E-state index contributed by atoms with van der Waals surface area (Å²) in [5.41, 5.74) is -0.217. The molecule has 2 rings (SSSR count). The molecule has 5 heteroatoms. The first-order valence-electron chi connectivity index (χ1n) is 5.49. The van der Waals surface area contributed by atoms with Crippen molar-refractivity contribution in [3.05, 3.63) is 64.0 Å². The molecule has 18 heavy (non-hydrogen) atoms. The number of aromatic nitrogens is 3. The van der Waals surface area contributed by atoms with E-state index >= 15 is 0 Å². The van der Waals surface area contributed by atoms with Gasteiger partial charge in [0.05, 0.1) is 6.54 Å². The van der Waals surface area contributed by atoms with Crippen LogP contribution < -0.4 is 11.4 Å². The third kappa shape index (κ3) is 2.02. The average molecular weight is 243 g/mol. The molecule has 0 saturated heterocycles. The van der Waals surface area contributed by atoms with Crippen LogP contribution in [0, 0.1) is 0 Å². The minimum absolute atomic E-state index is 0.160. The first kappa shape index (κ1) is 12.0. The lowest BCUT2D eigenvalue weighted by molar-refractivity contribution is 0.620. The fourth-order valence-electron chi connectivity index (χ4n) is 1.71. The van der Waals surface area contributed by atoms with E-state index in [-0.39, 0.29) is 6.54 Å². The van der Waals surface area contributed by atoms with Gasteiger partial charge in [0.15, 0.2) is 0 Å². The zero-order chi connectivity index (χ0) is 13.1. The Morgan fingerprint density at radius 2 is 1.94 bits per heavy atom. The van der Waals surface area contributed by atoms with Crippen LogP contribution in [0.15, 0.2) is 52.6 Å². The Hall–Kier alpha value is -2.43. The van der Waals surface area contributed by atoms with Gasteiger partial charge >= 0.3 is 11.4 Å². The second kappa shape index (κ2) is 4.83. The summed E-state index contributed by atoms with van der Waals surface area (Å²) in [6, 6.07) is 9.13. The van der Waals surface area contributed by atoms with E-state index < -0.39 is 11.4 Å². The fraction of sp³-hybridized carbons (Fsp3) is 0.154. The second-order valence-corrected chi connectivity index (χ2v) is 3.82. The molecule has 0 aliphatic rings. The molecule has 0 spiro atoms. The zero-order valence-electron chi connectivity index (χ0n) is 10.0. The molecule has 92 valence electrons. The normalized spacial score (nSPS) is 10.3. The quantitative estimate of drug-likeness (QED) is 0.749. The van der Waals surface area contributed by atoms with Gasteiger partial charge in [-0.1, -0.05) is 36.4 Å². The molecule has 2 aromatic rings. The van der Waals surface area contributed by atoms with Gasteiger partial charge in [0.2, 0.25) is 0 Å². The highest BCUT2D eigenvalue weighted by Gasteiger charge is 2.10. The zero-order valence-corrected chi connectivity index (χ0v) is 10.0. The van der Waals surface area contributed by atoms with E-state index in [9.17, 15) is 9.59 Å². The Morgan fingerprint density at radius 3 is 2.56 bits per heavy atom. The van der Waals surface area contributed by atoms with Gasteiger partial charge in [-0.05, 0) is 0 Å². The van der Waals surface area contributed by atoms with Crippen LogP contribution in [0.4, 0.5) is 0 Å². The molecular formula is C13H13N3O2. The second-order valence-electron chi connectivity index (χ2n) is 3.82. The predicted molar refractivity (Wildman–Crippen MR) is 69.4 cm³/mol. The lowest BCUT2D eigenvalue weighted by Crippen LogP contribution is -2.41. The molecule has 0 bridgehead atoms. The van der Waals surface area contributed by atoms with E-state index in [0.717, 1.165) is 10.1 Å². The standard InChI is InChI=1S/C13H13N3O2/c1-3-9-16-12(17)14-11(15(2)13(16)18)10-7-5-4-6-8-10/h3-8H,1,9H2,2H3. The van der Waals surface area contributed by atoms with E-state index in [4.69, 9.17) is 0 Å². The summed E-state index contributed by atoms with van der Waals surface area (Å²) < 4.78 is 2.40.